The first kappa shape index (κ1) is 15.4. The summed E-state index contributed by atoms with van der Waals surface area (Å²) in [6.45, 7) is 0.338. The van der Waals surface area contributed by atoms with Gasteiger partial charge < -0.3 is 10.1 Å². The molecule has 0 aliphatic heterocycles. The number of benzene rings is 1. The summed E-state index contributed by atoms with van der Waals surface area (Å²) < 4.78 is 19.0. The maximum atomic E-state index is 13.6. The van der Waals surface area contributed by atoms with E-state index in [1.54, 1.807) is 6.07 Å². The Labute approximate surface area is 119 Å². The van der Waals surface area contributed by atoms with E-state index < -0.39 is 11.7 Å². The van der Waals surface area contributed by atoms with Crippen molar-refractivity contribution in [1.82, 2.24) is 5.32 Å². The molecule has 1 N–H and O–H groups in total. The minimum atomic E-state index is -0.566. The number of amides is 1. The number of methoxy groups -OCH3 is 1. The number of ether oxygens (including phenoxy) is 1. The van der Waals surface area contributed by atoms with Gasteiger partial charge in [-0.25, -0.2) is 4.39 Å². The van der Waals surface area contributed by atoms with Crippen molar-refractivity contribution < 1.29 is 13.9 Å². The van der Waals surface area contributed by atoms with Crippen LogP contribution in [-0.4, -0.2) is 31.5 Å². The molecule has 0 fully saturated rings. The number of hydrogen-bond acceptors (Lipinski definition) is 2. The molecule has 0 bridgehead atoms. The molecule has 0 spiro atoms. The molecule has 1 amide bonds. The minimum Gasteiger partial charge on any atom is -0.383 e. The number of nitrogens with one attached hydrogen (secondary N) is 1. The van der Waals surface area contributed by atoms with E-state index in [0.717, 1.165) is 0 Å². The van der Waals surface area contributed by atoms with Crippen LogP contribution in [0.15, 0.2) is 22.7 Å². The Morgan fingerprint density at radius 1 is 1.61 bits per heavy atom. The fraction of sp³-hybridized carbons (Fsp3) is 0.417. The Hall–Kier alpha value is -0.650. The third-order valence-corrected chi connectivity index (χ3v) is 3.23. The van der Waals surface area contributed by atoms with Crippen LogP contribution in [0.4, 0.5) is 4.39 Å². The van der Waals surface area contributed by atoms with Gasteiger partial charge in [0.05, 0.1) is 18.2 Å². The fourth-order valence-electron chi connectivity index (χ4n) is 1.50. The zero-order valence-corrected chi connectivity index (χ0v) is 12.2. The topological polar surface area (TPSA) is 38.3 Å². The summed E-state index contributed by atoms with van der Waals surface area (Å²) in [6, 6.07) is 4.16. The van der Waals surface area contributed by atoms with Crippen molar-refractivity contribution in [3.05, 3.63) is 34.1 Å². The molecule has 0 saturated carbocycles. The zero-order valence-electron chi connectivity index (χ0n) is 9.88. The molecule has 18 heavy (non-hydrogen) atoms. The summed E-state index contributed by atoms with van der Waals surface area (Å²) in [4.78, 5) is 12.0. The van der Waals surface area contributed by atoms with Crippen LogP contribution in [0, 0.1) is 5.82 Å². The van der Waals surface area contributed by atoms with Gasteiger partial charge in [-0.05, 0) is 34.5 Å². The summed E-state index contributed by atoms with van der Waals surface area (Å²) in [5.41, 5.74) is -0.00632. The Kier molecular flexibility index (Phi) is 6.60. The van der Waals surface area contributed by atoms with Crippen LogP contribution in [-0.2, 0) is 4.74 Å². The van der Waals surface area contributed by atoms with Crippen molar-refractivity contribution in [3.8, 4) is 0 Å². The molecule has 1 aromatic carbocycles. The third-order valence-electron chi connectivity index (χ3n) is 2.35. The maximum Gasteiger partial charge on any atom is 0.255 e. The van der Waals surface area contributed by atoms with Crippen molar-refractivity contribution in [1.29, 1.82) is 0 Å². The van der Waals surface area contributed by atoms with Crippen LogP contribution in [0.3, 0.4) is 0 Å². The lowest BCUT2D eigenvalue weighted by molar-refractivity contribution is 0.0890. The molecule has 0 aromatic heterocycles. The highest BCUT2D eigenvalue weighted by Crippen LogP contribution is 2.19. The summed E-state index contributed by atoms with van der Waals surface area (Å²) >= 11 is 8.79. The van der Waals surface area contributed by atoms with Crippen molar-refractivity contribution in [3.63, 3.8) is 0 Å². The number of alkyl halides is 1. The monoisotopic (exact) mass is 337 g/mol. The van der Waals surface area contributed by atoms with Gasteiger partial charge in [0.15, 0.2) is 0 Å². The highest BCUT2D eigenvalue weighted by atomic mass is 79.9. The summed E-state index contributed by atoms with van der Waals surface area (Å²) in [5.74, 6) is -0.650. The molecule has 6 heteroatoms. The maximum absolute atomic E-state index is 13.6. The van der Waals surface area contributed by atoms with E-state index in [4.69, 9.17) is 16.3 Å². The SMILES string of the molecule is COCC(CCCl)NC(=O)c1c(F)cccc1Br. The van der Waals surface area contributed by atoms with E-state index in [0.29, 0.717) is 23.4 Å². The van der Waals surface area contributed by atoms with Gasteiger partial charge in [0.1, 0.15) is 5.82 Å². The first-order chi connectivity index (χ1) is 8.60. The minimum absolute atomic E-state index is 0.00632. The van der Waals surface area contributed by atoms with E-state index in [-0.39, 0.29) is 11.6 Å². The molecule has 100 valence electrons. The molecule has 0 saturated heterocycles. The first-order valence-corrected chi connectivity index (χ1v) is 6.72. The zero-order chi connectivity index (χ0) is 13.5. The number of halogens is 3. The molecule has 0 heterocycles. The molecular formula is C12H14BrClFNO2. The quantitative estimate of drug-likeness (QED) is 0.810. The number of carbonyl (C=O) groups is 1. The van der Waals surface area contributed by atoms with Gasteiger partial charge in [0, 0.05) is 17.5 Å². The molecule has 1 unspecified atom stereocenters. The first-order valence-electron chi connectivity index (χ1n) is 5.40. The van der Waals surface area contributed by atoms with Crippen LogP contribution >= 0.6 is 27.5 Å². The van der Waals surface area contributed by atoms with Crippen molar-refractivity contribution in [2.24, 2.45) is 0 Å². The Bertz CT molecular complexity index is 391. The summed E-state index contributed by atoms with van der Waals surface area (Å²) in [7, 11) is 1.53. The van der Waals surface area contributed by atoms with E-state index in [9.17, 15) is 9.18 Å². The lowest BCUT2D eigenvalue weighted by Gasteiger charge is -2.17. The van der Waals surface area contributed by atoms with Crippen molar-refractivity contribution >= 4 is 33.4 Å². The Morgan fingerprint density at radius 2 is 2.33 bits per heavy atom. The molecule has 3 nitrogen and oxygen atoms in total. The van der Waals surface area contributed by atoms with Crippen LogP contribution in [0.2, 0.25) is 0 Å². The van der Waals surface area contributed by atoms with Crippen LogP contribution in [0.25, 0.3) is 0 Å². The molecule has 1 aromatic rings. The lowest BCUT2D eigenvalue weighted by Crippen LogP contribution is -2.38. The molecule has 0 aliphatic carbocycles. The van der Waals surface area contributed by atoms with Crippen molar-refractivity contribution in [2.45, 2.75) is 12.5 Å². The van der Waals surface area contributed by atoms with Gasteiger partial charge in [0.25, 0.3) is 5.91 Å². The highest BCUT2D eigenvalue weighted by molar-refractivity contribution is 9.10. The van der Waals surface area contributed by atoms with Gasteiger partial charge in [-0.1, -0.05) is 6.07 Å². The van der Waals surface area contributed by atoms with Crippen LogP contribution < -0.4 is 5.32 Å². The van der Waals surface area contributed by atoms with E-state index in [2.05, 4.69) is 21.2 Å². The van der Waals surface area contributed by atoms with Gasteiger partial charge in [-0.2, -0.15) is 0 Å². The molecule has 0 radical (unpaired) electrons. The summed E-state index contributed by atoms with van der Waals surface area (Å²) in [5, 5.41) is 2.70. The van der Waals surface area contributed by atoms with E-state index in [1.165, 1.54) is 19.2 Å². The number of carbonyl (C=O) groups excluding carboxylic acids is 1. The van der Waals surface area contributed by atoms with Gasteiger partial charge >= 0.3 is 0 Å². The predicted octanol–water partition coefficient (Wildman–Crippen LogP) is 2.96. The second-order valence-electron chi connectivity index (χ2n) is 3.70. The van der Waals surface area contributed by atoms with Gasteiger partial charge in [0.2, 0.25) is 0 Å². The smallest absolute Gasteiger partial charge is 0.255 e. The van der Waals surface area contributed by atoms with Crippen LogP contribution in [0.1, 0.15) is 16.8 Å². The van der Waals surface area contributed by atoms with Gasteiger partial charge in [-0.15, -0.1) is 11.6 Å². The molecule has 0 aliphatic rings. The molecular weight excluding hydrogens is 324 g/mol. The average molecular weight is 339 g/mol. The highest BCUT2D eigenvalue weighted by Gasteiger charge is 2.18. The lowest BCUT2D eigenvalue weighted by atomic mass is 10.1. The second-order valence-corrected chi connectivity index (χ2v) is 4.93. The van der Waals surface area contributed by atoms with Crippen LogP contribution in [0.5, 0.6) is 0 Å². The number of hydrogen-bond donors (Lipinski definition) is 1. The third kappa shape index (κ3) is 4.23. The largest absolute Gasteiger partial charge is 0.383 e. The Morgan fingerprint density at radius 3 is 2.89 bits per heavy atom. The molecule has 1 atom stereocenters. The molecule has 1 rings (SSSR count). The van der Waals surface area contributed by atoms with Crippen molar-refractivity contribution in [2.75, 3.05) is 19.6 Å². The summed E-state index contributed by atoms with van der Waals surface area (Å²) in [6.07, 6.45) is 0.563. The van der Waals surface area contributed by atoms with E-state index >= 15 is 0 Å². The fourth-order valence-corrected chi connectivity index (χ4v) is 2.29. The Balaban J connectivity index is 2.80. The predicted molar refractivity (Wildman–Crippen MR) is 72.6 cm³/mol. The number of rotatable bonds is 6. The standard InChI is InChI=1S/C12H14BrClFNO2/c1-18-7-8(5-6-14)16-12(17)11-9(13)3-2-4-10(11)15/h2-4,8H,5-7H2,1H3,(H,16,17). The van der Waals surface area contributed by atoms with Gasteiger partial charge in [-0.3, -0.25) is 4.79 Å². The van der Waals surface area contributed by atoms with E-state index in [1.807, 2.05) is 0 Å². The normalized spacial score (nSPS) is 12.2. The second kappa shape index (κ2) is 7.71. The average Bonchev–Trinajstić information content (AvgIpc) is 2.29.